The van der Waals surface area contributed by atoms with Gasteiger partial charge in [-0.2, -0.15) is 0 Å². The number of carbonyl (C=O) groups is 5. The fourth-order valence-corrected chi connectivity index (χ4v) is 10.7. The minimum atomic E-state index is -2.18. The van der Waals surface area contributed by atoms with E-state index in [9.17, 15) is 24.3 Å². The lowest BCUT2D eigenvalue weighted by molar-refractivity contribution is -0.381. The Morgan fingerprint density at radius 2 is 1.52 bits per heavy atom. The molecule has 1 aliphatic heterocycles. The van der Waals surface area contributed by atoms with Crippen LogP contribution in [0.2, 0.25) is 0 Å². The van der Waals surface area contributed by atoms with Gasteiger partial charge in [-0.05, 0) is 70.4 Å². The van der Waals surface area contributed by atoms with Gasteiger partial charge in [0, 0.05) is 39.4 Å². The molecular weight excluding hydrogens is 787 g/mol. The van der Waals surface area contributed by atoms with Gasteiger partial charge in [-0.25, -0.2) is 9.59 Å². The first-order valence-electron chi connectivity index (χ1n) is 20.8. The summed E-state index contributed by atoms with van der Waals surface area (Å²) in [7, 11) is 2.85. The molecule has 1 saturated heterocycles. The molecule has 3 fully saturated rings. The van der Waals surface area contributed by atoms with E-state index in [0.717, 1.165) is 0 Å². The Bertz CT molecular complexity index is 2060. The summed E-state index contributed by atoms with van der Waals surface area (Å²) in [6.45, 7) is 16.5. The van der Waals surface area contributed by atoms with E-state index in [-0.39, 0.29) is 25.0 Å². The number of ether oxygens (including phenoxy) is 7. The first-order valence-corrected chi connectivity index (χ1v) is 20.8. The lowest BCUT2D eigenvalue weighted by Crippen LogP contribution is -2.86. The van der Waals surface area contributed by atoms with Gasteiger partial charge in [0.2, 0.25) is 0 Å². The van der Waals surface area contributed by atoms with Crippen molar-refractivity contribution in [1.29, 1.82) is 0 Å². The van der Waals surface area contributed by atoms with Crippen LogP contribution in [0.3, 0.4) is 0 Å². The predicted molar refractivity (Wildman–Crippen MR) is 221 cm³/mol. The number of hydrogen-bond acceptors (Lipinski definition) is 13. The largest absolute Gasteiger partial charge is 0.457 e. The Kier molecular flexibility index (Phi) is 12.2. The summed E-state index contributed by atoms with van der Waals surface area (Å²) < 4.78 is 43.3. The number of amides is 1. The van der Waals surface area contributed by atoms with E-state index < -0.39 is 105 Å². The van der Waals surface area contributed by atoms with Crippen LogP contribution in [0.5, 0.6) is 0 Å². The molecule has 2 aromatic rings. The second-order valence-corrected chi connectivity index (χ2v) is 18.9. The second kappa shape index (κ2) is 16.2. The standard InChI is InChI=1S/C47H61NO13/c1-26-31(58-38(51)27(2)35(29-19-15-13-16-20-29)48-41(53)61-42(4,5)6)24-46(54)40(59-39(52)30-21-17-14-18-22-30)45(10)44(9,37(50)36(56-12)34(26)43(46,7)8)32(55-11)23-33-47(45,25-57-33)60-28(3)49/h13-22,27,31-33,35-36,40,54H,23-25H2,1-12H3,(H,48,53)/t27-,31+,32+,33-,35-,36-,40+,44+,45+,46-,47+/m1/s1. The number of esters is 3. The molecule has 0 radical (unpaired) electrons. The SMILES string of the molecule is CO[C@H]1C(=O)[C@]2(C)[C@@H](OC)C[C@H]3OC[C@@]3(OC(C)=O)[C@@]2(C)[C@H](OC(=O)c2ccccc2)[C@]2(O)C[C@H](OC(=O)[C@H](C)[C@@H](NC(=O)OC(C)(C)C)c3ccccc3)C(C)=C1C2(C)C. The summed E-state index contributed by atoms with van der Waals surface area (Å²) in [5, 5.41) is 16.8. The first kappa shape index (κ1) is 45.9. The van der Waals surface area contributed by atoms with Gasteiger partial charge >= 0.3 is 24.0 Å². The number of aliphatic hydroxyl groups is 1. The van der Waals surface area contributed by atoms with E-state index >= 15 is 4.79 Å². The number of hydrogen-bond donors (Lipinski definition) is 2. The third-order valence-electron chi connectivity index (χ3n) is 14.2. The number of carbonyl (C=O) groups excluding carboxylic acids is 5. The topological polar surface area (TPSA) is 182 Å². The maximum atomic E-state index is 15.8. The molecule has 1 heterocycles. The van der Waals surface area contributed by atoms with Gasteiger partial charge in [-0.3, -0.25) is 14.4 Å². The van der Waals surface area contributed by atoms with Crippen molar-refractivity contribution in [3.8, 4) is 0 Å². The van der Waals surface area contributed by atoms with Gasteiger partial charge in [0.15, 0.2) is 11.4 Å². The van der Waals surface area contributed by atoms with Gasteiger partial charge in [-0.15, -0.1) is 0 Å². The van der Waals surface area contributed by atoms with Crippen LogP contribution in [0.25, 0.3) is 0 Å². The molecule has 2 saturated carbocycles. The Morgan fingerprint density at radius 3 is 2.05 bits per heavy atom. The number of ketones is 1. The van der Waals surface area contributed by atoms with Crippen LogP contribution in [0.4, 0.5) is 4.79 Å². The van der Waals surface area contributed by atoms with E-state index in [2.05, 4.69) is 5.32 Å². The quantitative estimate of drug-likeness (QED) is 0.156. The van der Waals surface area contributed by atoms with Crippen LogP contribution >= 0.6 is 0 Å². The summed E-state index contributed by atoms with van der Waals surface area (Å²) in [5.74, 6) is -3.69. The first-order chi connectivity index (χ1) is 28.4. The van der Waals surface area contributed by atoms with Gasteiger partial charge in [-0.1, -0.05) is 69.3 Å². The summed E-state index contributed by atoms with van der Waals surface area (Å²) in [6.07, 6.45) is -6.85. The smallest absolute Gasteiger partial charge is 0.408 e. The molecule has 2 aromatic carbocycles. The zero-order valence-corrected chi connectivity index (χ0v) is 37.3. The molecule has 332 valence electrons. The van der Waals surface area contributed by atoms with E-state index in [1.165, 1.54) is 21.1 Å². The molecule has 4 aliphatic rings. The van der Waals surface area contributed by atoms with Crippen molar-refractivity contribution in [2.45, 2.75) is 135 Å². The van der Waals surface area contributed by atoms with Crippen LogP contribution in [0.15, 0.2) is 71.8 Å². The fraction of sp³-hybridized carbons (Fsp3) is 0.596. The highest BCUT2D eigenvalue weighted by atomic mass is 16.6. The van der Waals surface area contributed by atoms with Gasteiger partial charge in [0.25, 0.3) is 0 Å². The summed E-state index contributed by atoms with van der Waals surface area (Å²) >= 11 is 0. The average Bonchev–Trinajstić information content (AvgIpc) is 3.19. The van der Waals surface area contributed by atoms with E-state index in [0.29, 0.717) is 16.7 Å². The third kappa shape index (κ3) is 7.26. The molecule has 0 spiro atoms. The van der Waals surface area contributed by atoms with Crippen LogP contribution in [-0.2, 0) is 47.5 Å². The molecule has 0 unspecified atom stereocenters. The van der Waals surface area contributed by atoms with Crippen molar-refractivity contribution in [2.24, 2.45) is 22.2 Å². The maximum absolute atomic E-state index is 15.8. The summed E-state index contributed by atoms with van der Waals surface area (Å²) in [6, 6.07) is 16.3. The van der Waals surface area contributed by atoms with Gasteiger partial charge < -0.3 is 43.6 Å². The zero-order valence-electron chi connectivity index (χ0n) is 37.3. The van der Waals surface area contributed by atoms with Crippen LogP contribution < -0.4 is 5.32 Å². The highest BCUT2D eigenvalue weighted by Crippen LogP contribution is 2.70. The van der Waals surface area contributed by atoms with Crippen LogP contribution in [0, 0.1) is 22.2 Å². The number of benzene rings is 2. The minimum absolute atomic E-state index is 0.134. The molecule has 3 aliphatic carbocycles. The van der Waals surface area contributed by atoms with Crippen molar-refractivity contribution < 1.29 is 62.2 Å². The molecular formula is C47H61NO13. The molecule has 6 rings (SSSR count). The summed E-state index contributed by atoms with van der Waals surface area (Å²) in [5.41, 5.74) is -7.93. The number of nitrogens with one attached hydrogen (secondary N) is 1. The predicted octanol–water partition coefficient (Wildman–Crippen LogP) is 6.23. The molecule has 14 nitrogen and oxygen atoms in total. The lowest BCUT2D eigenvalue weighted by Gasteiger charge is -2.72. The van der Waals surface area contributed by atoms with E-state index in [1.54, 1.807) is 117 Å². The molecule has 11 atom stereocenters. The third-order valence-corrected chi connectivity index (χ3v) is 14.2. The Labute approximate surface area is 357 Å². The number of methoxy groups -OCH3 is 2. The molecule has 0 aromatic heterocycles. The summed E-state index contributed by atoms with van der Waals surface area (Å²) in [4.78, 5) is 71.1. The molecule has 14 heteroatoms. The second-order valence-electron chi connectivity index (χ2n) is 18.9. The Hall–Kier alpha value is -4.63. The Balaban J connectivity index is 1.55. The van der Waals surface area contributed by atoms with Crippen molar-refractivity contribution in [3.63, 3.8) is 0 Å². The van der Waals surface area contributed by atoms with Crippen LogP contribution in [0.1, 0.15) is 104 Å². The van der Waals surface area contributed by atoms with Crippen LogP contribution in [-0.4, -0.2) is 103 Å². The van der Waals surface area contributed by atoms with Crippen molar-refractivity contribution in [3.05, 3.63) is 82.9 Å². The maximum Gasteiger partial charge on any atom is 0.408 e. The monoisotopic (exact) mass is 847 g/mol. The number of Topliss-reactive ketones (excluding diaryl/α,β-unsaturated/α-hetero) is 1. The number of fused-ring (bicyclic) bond motifs is 5. The van der Waals surface area contributed by atoms with Crippen molar-refractivity contribution in [2.75, 3.05) is 20.8 Å². The number of alkyl carbamates (subject to hydrolysis) is 1. The van der Waals surface area contributed by atoms with E-state index in [4.69, 9.17) is 33.2 Å². The fourth-order valence-electron chi connectivity index (χ4n) is 10.7. The molecule has 1 amide bonds. The van der Waals surface area contributed by atoms with Crippen molar-refractivity contribution >= 4 is 29.8 Å². The highest BCUT2D eigenvalue weighted by molar-refractivity contribution is 5.95. The van der Waals surface area contributed by atoms with Gasteiger partial charge in [0.05, 0.1) is 41.1 Å². The minimum Gasteiger partial charge on any atom is -0.457 e. The average molecular weight is 848 g/mol. The highest BCUT2D eigenvalue weighted by Gasteiger charge is 2.84. The normalized spacial score (nSPS) is 33.9. The van der Waals surface area contributed by atoms with Crippen molar-refractivity contribution in [1.82, 2.24) is 5.32 Å². The molecule has 2 N–H and O–H groups in total. The number of rotatable bonds is 10. The molecule has 61 heavy (non-hydrogen) atoms. The Morgan fingerprint density at radius 1 is 0.918 bits per heavy atom. The van der Waals surface area contributed by atoms with Gasteiger partial charge in [0.1, 0.15) is 35.6 Å². The lowest BCUT2D eigenvalue weighted by atomic mass is 9.38. The molecule has 2 bridgehead atoms. The zero-order chi connectivity index (χ0) is 45.1. The van der Waals surface area contributed by atoms with E-state index in [1.807, 2.05) is 6.07 Å².